The number of amides is 1. The van der Waals surface area contributed by atoms with Gasteiger partial charge in [0.2, 0.25) is 0 Å². The first-order valence-electron chi connectivity index (χ1n) is 12.0. The van der Waals surface area contributed by atoms with Crippen LogP contribution in [-0.2, 0) is 17.6 Å². The number of nitrogens with one attached hydrogen (secondary N) is 2. The third-order valence-electron chi connectivity index (χ3n) is 6.57. The minimum absolute atomic E-state index is 0.0998. The zero-order valence-electron chi connectivity index (χ0n) is 19.8. The second-order valence-electron chi connectivity index (χ2n) is 8.99. The zero-order valence-corrected chi connectivity index (χ0v) is 22.2. The van der Waals surface area contributed by atoms with Crippen LogP contribution in [0.25, 0.3) is 0 Å². The molecule has 12 heteroatoms. The van der Waals surface area contributed by atoms with Gasteiger partial charge in [-0.25, -0.2) is 9.48 Å². The average Bonchev–Trinajstić information content (AvgIpc) is 3.44. The average molecular weight is 597 g/mol. The summed E-state index contributed by atoms with van der Waals surface area (Å²) in [5, 5.41) is 10.2. The van der Waals surface area contributed by atoms with Crippen LogP contribution in [0.15, 0.2) is 34.8 Å². The summed E-state index contributed by atoms with van der Waals surface area (Å²) in [7, 11) is 0. The lowest BCUT2D eigenvalue weighted by atomic mass is 9.95. The van der Waals surface area contributed by atoms with E-state index in [-0.39, 0.29) is 24.5 Å². The molecule has 3 heterocycles. The number of ether oxygens (including phenoxy) is 1. The Morgan fingerprint density at radius 2 is 1.97 bits per heavy atom. The number of aromatic nitrogens is 2. The second-order valence-corrected chi connectivity index (χ2v) is 11.0. The zero-order chi connectivity index (χ0) is 26.3. The van der Waals surface area contributed by atoms with Crippen molar-refractivity contribution >= 4 is 50.0 Å². The number of thiophene rings is 1. The van der Waals surface area contributed by atoms with Crippen LogP contribution in [0.5, 0.6) is 0 Å². The lowest BCUT2D eigenvalue weighted by molar-refractivity contribution is -0.173. The van der Waals surface area contributed by atoms with Crippen molar-refractivity contribution in [1.29, 1.82) is 0 Å². The van der Waals surface area contributed by atoms with Crippen LogP contribution in [0, 0.1) is 0 Å². The van der Waals surface area contributed by atoms with Crippen molar-refractivity contribution in [3.8, 4) is 0 Å². The van der Waals surface area contributed by atoms with Crippen molar-refractivity contribution in [2.24, 2.45) is 0 Å². The molecule has 2 N–H and O–H groups in total. The molecule has 5 rings (SSSR count). The van der Waals surface area contributed by atoms with E-state index in [1.807, 2.05) is 0 Å². The number of hydrogen-bond acceptors (Lipinski definition) is 6. The molecule has 2 atom stereocenters. The van der Waals surface area contributed by atoms with Crippen LogP contribution in [0.3, 0.4) is 0 Å². The number of hydrogen-bond donors (Lipinski definition) is 2. The van der Waals surface area contributed by atoms with Gasteiger partial charge in [-0.1, -0.05) is 28.1 Å². The summed E-state index contributed by atoms with van der Waals surface area (Å²) in [6, 6.07) is 5.85. The van der Waals surface area contributed by atoms with Gasteiger partial charge in [0.25, 0.3) is 5.91 Å². The van der Waals surface area contributed by atoms with Gasteiger partial charge >= 0.3 is 12.1 Å². The number of anilines is 2. The first-order valence-corrected chi connectivity index (χ1v) is 13.6. The first kappa shape index (κ1) is 25.8. The summed E-state index contributed by atoms with van der Waals surface area (Å²) in [5.74, 6) is -1.10. The van der Waals surface area contributed by atoms with E-state index in [1.54, 1.807) is 31.2 Å². The van der Waals surface area contributed by atoms with E-state index in [4.69, 9.17) is 4.74 Å². The monoisotopic (exact) mass is 596 g/mol. The number of halogens is 4. The normalized spacial score (nSPS) is 18.9. The van der Waals surface area contributed by atoms with E-state index in [2.05, 4.69) is 31.7 Å². The lowest BCUT2D eigenvalue weighted by Gasteiger charge is -2.33. The van der Waals surface area contributed by atoms with Gasteiger partial charge in [0.05, 0.1) is 18.2 Å². The number of alkyl halides is 3. The van der Waals surface area contributed by atoms with Crippen molar-refractivity contribution in [1.82, 2.24) is 9.78 Å². The van der Waals surface area contributed by atoms with Gasteiger partial charge in [0.15, 0.2) is 11.7 Å². The minimum atomic E-state index is -4.56. The fourth-order valence-corrected chi connectivity index (χ4v) is 6.38. The van der Waals surface area contributed by atoms with Crippen molar-refractivity contribution in [2.75, 3.05) is 17.2 Å². The summed E-state index contributed by atoms with van der Waals surface area (Å²) >= 11 is 4.65. The van der Waals surface area contributed by atoms with Crippen LogP contribution >= 0.6 is 27.3 Å². The molecule has 7 nitrogen and oxygen atoms in total. The highest BCUT2D eigenvalue weighted by Gasteiger charge is 2.47. The summed E-state index contributed by atoms with van der Waals surface area (Å²) < 4.78 is 49.0. The van der Waals surface area contributed by atoms with Crippen LogP contribution in [0.4, 0.5) is 24.0 Å². The Bertz CT molecular complexity index is 1340. The number of nitrogens with zero attached hydrogens (tertiary/aromatic N) is 2. The highest BCUT2D eigenvalue weighted by molar-refractivity contribution is 9.10. The van der Waals surface area contributed by atoms with Crippen LogP contribution in [0.1, 0.15) is 75.1 Å². The van der Waals surface area contributed by atoms with Crippen LogP contribution in [0.2, 0.25) is 0 Å². The maximum Gasteiger partial charge on any atom is 0.410 e. The maximum atomic E-state index is 14.0. The fraction of sp³-hybridized carbons (Fsp3) is 0.400. The molecule has 0 saturated heterocycles. The third kappa shape index (κ3) is 5.13. The van der Waals surface area contributed by atoms with Crippen molar-refractivity contribution in [3.05, 3.63) is 62.1 Å². The van der Waals surface area contributed by atoms with Crippen molar-refractivity contribution in [2.45, 2.75) is 57.3 Å². The Labute approximate surface area is 223 Å². The Morgan fingerprint density at radius 1 is 1.24 bits per heavy atom. The third-order valence-corrected chi connectivity index (χ3v) is 8.31. The van der Waals surface area contributed by atoms with Gasteiger partial charge in [0.1, 0.15) is 10.8 Å². The Balaban J connectivity index is 1.45. The summed E-state index contributed by atoms with van der Waals surface area (Å²) in [4.78, 5) is 26.9. The van der Waals surface area contributed by atoms with Crippen LogP contribution < -0.4 is 10.6 Å². The van der Waals surface area contributed by atoms with Gasteiger partial charge in [-0.2, -0.15) is 18.3 Å². The molecule has 0 spiro atoms. The first-order chi connectivity index (χ1) is 17.7. The molecular formula is C25H24BrF3N4O3S. The predicted octanol–water partition coefficient (Wildman–Crippen LogP) is 6.68. The number of aryl methyl sites for hydroxylation is 1. The molecular weight excluding hydrogens is 573 g/mol. The number of carbonyl (C=O) groups is 2. The number of rotatable bonds is 5. The molecule has 3 aromatic rings. The summed E-state index contributed by atoms with van der Waals surface area (Å²) in [6.07, 6.45) is -1.40. The molecule has 0 radical (unpaired) electrons. The maximum absolute atomic E-state index is 14.0. The molecule has 0 unspecified atom stereocenters. The molecule has 0 fully saturated rings. The number of esters is 1. The minimum Gasteiger partial charge on any atom is -0.462 e. The largest absolute Gasteiger partial charge is 0.462 e. The Kier molecular flexibility index (Phi) is 7.06. The molecule has 1 amide bonds. The quantitative estimate of drug-likeness (QED) is 0.321. The highest BCUT2D eigenvalue weighted by Crippen LogP contribution is 2.44. The summed E-state index contributed by atoms with van der Waals surface area (Å²) in [6.45, 7) is 1.89. The van der Waals surface area contributed by atoms with E-state index in [1.165, 1.54) is 17.4 Å². The second kappa shape index (κ2) is 10.1. The lowest BCUT2D eigenvalue weighted by Crippen LogP contribution is -2.35. The van der Waals surface area contributed by atoms with Crippen molar-refractivity contribution in [3.63, 3.8) is 0 Å². The van der Waals surface area contributed by atoms with Crippen LogP contribution in [-0.4, -0.2) is 34.4 Å². The predicted molar refractivity (Wildman–Crippen MR) is 137 cm³/mol. The van der Waals surface area contributed by atoms with Crippen molar-refractivity contribution < 1.29 is 27.5 Å². The fourth-order valence-electron chi connectivity index (χ4n) is 4.84. The van der Waals surface area contributed by atoms with E-state index < -0.39 is 30.1 Å². The standard InChI is InChI=1S/C25H24BrF3N4O3S/c1-2-36-24(35)21-15-5-3-4-6-18(15)37-23(21)31-22(34)17-12-20-30-16(13-7-9-14(26)10-8-13)11-19(25(27,28)29)33(20)32-17/h7-10,12,16,19,30H,2-6,11H2,1H3,(H,31,34)/t16-,19-/m0/s1. The number of benzene rings is 1. The Morgan fingerprint density at radius 3 is 2.68 bits per heavy atom. The molecule has 0 saturated carbocycles. The van der Waals surface area contributed by atoms with Gasteiger partial charge in [-0.05, 0) is 55.9 Å². The molecule has 1 aliphatic carbocycles. The van der Waals surface area contributed by atoms with Gasteiger partial charge < -0.3 is 15.4 Å². The molecule has 37 heavy (non-hydrogen) atoms. The number of carbonyl (C=O) groups excluding carboxylic acids is 2. The molecule has 1 aliphatic heterocycles. The Hall–Kier alpha value is -2.86. The van der Waals surface area contributed by atoms with Gasteiger partial charge in [-0.3, -0.25) is 4.79 Å². The molecule has 2 aliphatic rings. The number of fused-ring (bicyclic) bond motifs is 2. The SMILES string of the molecule is CCOC(=O)c1c(NC(=O)c2cc3n(n2)[C@H](C(F)(F)F)C[C@@H](c2ccc(Br)cc2)N3)sc2c1CCCC2. The smallest absolute Gasteiger partial charge is 0.410 e. The molecule has 196 valence electrons. The van der Waals surface area contributed by atoms with Gasteiger partial charge in [-0.15, -0.1) is 11.3 Å². The van der Waals surface area contributed by atoms with E-state index in [0.29, 0.717) is 22.5 Å². The molecule has 1 aromatic carbocycles. The highest BCUT2D eigenvalue weighted by atomic mass is 79.9. The summed E-state index contributed by atoms with van der Waals surface area (Å²) in [5.41, 5.74) is 1.74. The van der Waals surface area contributed by atoms with E-state index in [9.17, 15) is 22.8 Å². The van der Waals surface area contributed by atoms with Gasteiger partial charge in [0, 0.05) is 21.8 Å². The molecule has 2 aromatic heterocycles. The van der Waals surface area contributed by atoms with E-state index in [0.717, 1.165) is 38.9 Å². The van der Waals surface area contributed by atoms with E-state index >= 15 is 0 Å². The molecule has 0 bridgehead atoms. The topological polar surface area (TPSA) is 85.2 Å².